The van der Waals surface area contributed by atoms with E-state index < -0.39 is 0 Å². The minimum absolute atomic E-state index is 0.293. The van der Waals surface area contributed by atoms with Crippen LogP contribution in [0.1, 0.15) is 31.0 Å². The lowest BCUT2D eigenvalue weighted by Crippen LogP contribution is -2.35. The second-order valence-electron chi connectivity index (χ2n) is 5.32. The summed E-state index contributed by atoms with van der Waals surface area (Å²) in [5.74, 6) is 0.293. The Labute approximate surface area is 113 Å². The molecular weight excluding hydrogens is 236 g/mol. The second kappa shape index (κ2) is 4.72. The molecule has 0 saturated heterocycles. The van der Waals surface area contributed by atoms with Gasteiger partial charge in [-0.25, -0.2) is 0 Å². The zero-order chi connectivity index (χ0) is 13.4. The molecule has 1 aromatic heterocycles. The summed E-state index contributed by atoms with van der Waals surface area (Å²) in [7, 11) is 2.13. The van der Waals surface area contributed by atoms with E-state index in [0.29, 0.717) is 12.3 Å². The van der Waals surface area contributed by atoms with Gasteiger partial charge in [0.15, 0.2) is 0 Å². The largest absolute Gasteiger partial charge is 0.347 e. The van der Waals surface area contributed by atoms with Crippen molar-refractivity contribution in [1.29, 1.82) is 0 Å². The van der Waals surface area contributed by atoms with E-state index in [1.165, 1.54) is 22.2 Å². The number of benzene rings is 1. The molecule has 19 heavy (non-hydrogen) atoms. The topological polar surface area (TPSA) is 25.2 Å². The van der Waals surface area contributed by atoms with Gasteiger partial charge in [0, 0.05) is 55.1 Å². The van der Waals surface area contributed by atoms with E-state index in [-0.39, 0.29) is 0 Å². The summed E-state index contributed by atoms with van der Waals surface area (Å²) in [6.45, 7) is 3.69. The number of aryl methyl sites for hydroxylation is 1. The van der Waals surface area contributed by atoms with Crippen LogP contribution in [0.25, 0.3) is 10.9 Å². The van der Waals surface area contributed by atoms with Crippen molar-refractivity contribution in [2.24, 2.45) is 7.05 Å². The summed E-state index contributed by atoms with van der Waals surface area (Å²) < 4.78 is 2.28. The molecule has 0 saturated carbocycles. The number of hydrogen-bond donors (Lipinski definition) is 0. The van der Waals surface area contributed by atoms with Crippen molar-refractivity contribution < 1.29 is 4.79 Å². The van der Waals surface area contributed by atoms with E-state index in [9.17, 15) is 4.79 Å². The molecule has 2 aromatic rings. The molecule has 2 heterocycles. The standard InChI is InChI=1S/C16H20N2O/c1-3-6-16(19)18-10-9-15-13(11-18)12-7-4-5-8-14(12)17(15)2/h4-5,7-8H,3,6,9-11H2,1-2H3. The molecule has 3 heteroatoms. The van der Waals surface area contributed by atoms with Crippen LogP contribution in [-0.4, -0.2) is 21.9 Å². The van der Waals surface area contributed by atoms with Crippen LogP contribution in [-0.2, 0) is 24.8 Å². The highest BCUT2D eigenvalue weighted by molar-refractivity contribution is 5.86. The Morgan fingerprint density at radius 1 is 1.32 bits per heavy atom. The van der Waals surface area contributed by atoms with E-state index in [1.807, 2.05) is 4.90 Å². The first-order chi connectivity index (χ1) is 9.22. The molecule has 0 bridgehead atoms. The number of rotatable bonds is 2. The van der Waals surface area contributed by atoms with Gasteiger partial charge in [0.2, 0.25) is 5.91 Å². The van der Waals surface area contributed by atoms with Gasteiger partial charge >= 0.3 is 0 Å². The number of para-hydroxylation sites is 1. The van der Waals surface area contributed by atoms with Gasteiger partial charge in [-0.3, -0.25) is 4.79 Å². The fourth-order valence-electron chi connectivity index (χ4n) is 3.12. The average molecular weight is 256 g/mol. The van der Waals surface area contributed by atoms with Crippen molar-refractivity contribution in [3.8, 4) is 0 Å². The first kappa shape index (κ1) is 12.3. The lowest BCUT2D eigenvalue weighted by molar-refractivity contribution is -0.132. The molecule has 0 unspecified atom stereocenters. The van der Waals surface area contributed by atoms with Crippen LogP contribution in [0.2, 0.25) is 0 Å². The molecule has 3 rings (SSSR count). The van der Waals surface area contributed by atoms with E-state index in [1.54, 1.807) is 0 Å². The van der Waals surface area contributed by atoms with Crippen LogP contribution < -0.4 is 0 Å². The molecule has 0 aliphatic carbocycles. The van der Waals surface area contributed by atoms with E-state index >= 15 is 0 Å². The summed E-state index contributed by atoms with van der Waals surface area (Å²) in [4.78, 5) is 14.1. The third-order valence-electron chi connectivity index (χ3n) is 4.13. The molecule has 1 aromatic carbocycles. The van der Waals surface area contributed by atoms with Crippen molar-refractivity contribution >= 4 is 16.8 Å². The van der Waals surface area contributed by atoms with Crippen LogP contribution in [0, 0.1) is 0 Å². The maximum absolute atomic E-state index is 12.1. The second-order valence-corrected chi connectivity index (χ2v) is 5.32. The zero-order valence-electron chi connectivity index (χ0n) is 11.6. The maximum Gasteiger partial charge on any atom is 0.222 e. The molecule has 100 valence electrons. The van der Waals surface area contributed by atoms with Gasteiger partial charge in [-0.1, -0.05) is 25.1 Å². The summed E-state index contributed by atoms with van der Waals surface area (Å²) in [5.41, 5.74) is 4.01. The zero-order valence-corrected chi connectivity index (χ0v) is 11.6. The highest BCUT2D eigenvalue weighted by Gasteiger charge is 2.24. The quantitative estimate of drug-likeness (QED) is 0.811. The van der Waals surface area contributed by atoms with Gasteiger partial charge in [0.25, 0.3) is 0 Å². The molecule has 0 N–H and O–H groups in total. The minimum Gasteiger partial charge on any atom is -0.347 e. The monoisotopic (exact) mass is 256 g/mol. The smallest absolute Gasteiger partial charge is 0.222 e. The Morgan fingerprint density at radius 2 is 2.11 bits per heavy atom. The molecule has 0 radical (unpaired) electrons. The summed E-state index contributed by atoms with van der Waals surface area (Å²) in [6, 6.07) is 8.48. The molecule has 0 atom stereocenters. The number of hydrogen-bond acceptors (Lipinski definition) is 1. The van der Waals surface area contributed by atoms with Crippen LogP contribution in [0.5, 0.6) is 0 Å². The number of carbonyl (C=O) groups is 1. The Kier molecular flexibility index (Phi) is 3.05. The summed E-state index contributed by atoms with van der Waals surface area (Å²) >= 11 is 0. The van der Waals surface area contributed by atoms with Crippen molar-refractivity contribution in [3.63, 3.8) is 0 Å². The van der Waals surface area contributed by atoms with Crippen LogP contribution in [0.3, 0.4) is 0 Å². The first-order valence-electron chi connectivity index (χ1n) is 7.05. The van der Waals surface area contributed by atoms with Crippen molar-refractivity contribution in [2.45, 2.75) is 32.7 Å². The van der Waals surface area contributed by atoms with Gasteiger partial charge in [0.05, 0.1) is 0 Å². The highest BCUT2D eigenvalue weighted by atomic mass is 16.2. The van der Waals surface area contributed by atoms with Gasteiger partial charge < -0.3 is 9.47 Å². The summed E-state index contributed by atoms with van der Waals surface area (Å²) in [6.07, 6.45) is 2.56. The van der Waals surface area contributed by atoms with Crippen molar-refractivity contribution in [1.82, 2.24) is 9.47 Å². The molecule has 0 spiro atoms. The number of aromatic nitrogens is 1. The van der Waals surface area contributed by atoms with E-state index in [0.717, 1.165) is 25.9 Å². The van der Waals surface area contributed by atoms with Gasteiger partial charge in [-0.2, -0.15) is 0 Å². The van der Waals surface area contributed by atoms with Crippen LogP contribution >= 0.6 is 0 Å². The van der Waals surface area contributed by atoms with E-state index in [4.69, 9.17) is 0 Å². The third-order valence-corrected chi connectivity index (χ3v) is 4.13. The predicted molar refractivity (Wildman–Crippen MR) is 76.9 cm³/mol. The Bertz CT molecular complexity index is 627. The molecular formula is C16H20N2O. The Morgan fingerprint density at radius 3 is 2.89 bits per heavy atom. The number of amides is 1. The van der Waals surface area contributed by atoms with Gasteiger partial charge in [0.1, 0.15) is 0 Å². The van der Waals surface area contributed by atoms with Crippen LogP contribution in [0.15, 0.2) is 24.3 Å². The normalized spacial score (nSPS) is 14.7. The molecule has 1 aliphatic heterocycles. The maximum atomic E-state index is 12.1. The molecule has 3 nitrogen and oxygen atoms in total. The van der Waals surface area contributed by atoms with Crippen molar-refractivity contribution in [2.75, 3.05) is 6.54 Å². The molecule has 1 amide bonds. The Balaban J connectivity index is 2.00. The molecule has 0 fully saturated rings. The summed E-state index contributed by atoms with van der Waals surface area (Å²) in [5, 5.41) is 1.30. The molecule has 1 aliphatic rings. The highest BCUT2D eigenvalue weighted by Crippen LogP contribution is 2.30. The first-order valence-corrected chi connectivity index (χ1v) is 7.05. The lowest BCUT2D eigenvalue weighted by Gasteiger charge is -2.28. The Hall–Kier alpha value is -1.77. The number of carbonyl (C=O) groups excluding carboxylic acids is 1. The third kappa shape index (κ3) is 1.93. The van der Waals surface area contributed by atoms with Crippen molar-refractivity contribution in [3.05, 3.63) is 35.5 Å². The van der Waals surface area contributed by atoms with Crippen LogP contribution in [0.4, 0.5) is 0 Å². The predicted octanol–water partition coefficient (Wildman–Crippen LogP) is 2.86. The SMILES string of the molecule is CCCC(=O)N1CCc2c(c3ccccc3n2C)C1. The fraction of sp³-hybridized carbons (Fsp3) is 0.438. The van der Waals surface area contributed by atoms with Gasteiger partial charge in [-0.15, -0.1) is 0 Å². The number of nitrogens with zero attached hydrogens (tertiary/aromatic N) is 2. The lowest BCUT2D eigenvalue weighted by atomic mass is 10.0. The minimum atomic E-state index is 0.293. The van der Waals surface area contributed by atoms with E-state index in [2.05, 4.69) is 42.8 Å². The fourth-order valence-corrected chi connectivity index (χ4v) is 3.12. The number of fused-ring (bicyclic) bond motifs is 3. The average Bonchev–Trinajstić information content (AvgIpc) is 2.73. The van der Waals surface area contributed by atoms with Gasteiger partial charge in [-0.05, 0) is 12.5 Å².